The van der Waals surface area contributed by atoms with Gasteiger partial charge in [-0.2, -0.15) is 0 Å². The van der Waals surface area contributed by atoms with E-state index in [0.717, 1.165) is 0 Å². The maximum atomic E-state index is 11.1. The molecule has 0 aromatic heterocycles. The second kappa shape index (κ2) is 5.56. The summed E-state index contributed by atoms with van der Waals surface area (Å²) in [5, 5.41) is 8.72. The Balaban J connectivity index is 4.24. The van der Waals surface area contributed by atoms with E-state index in [0.29, 0.717) is 6.42 Å². The minimum Gasteiger partial charge on any atom is -0.481 e. The van der Waals surface area contributed by atoms with Crippen LogP contribution in [0, 0.1) is 11.8 Å². The second-order valence-corrected chi connectivity index (χ2v) is 3.27. The zero-order chi connectivity index (χ0) is 10.4. The van der Waals surface area contributed by atoms with Crippen molar-refractivity contribution < 1.29 is 19.4 Å². The number of rotatable bonds is 5. The van der Waals surface area contributed by atoms with Crippen molar-refractivity contribution in [1.82, 2.24) is 0 Å². The lowest BCUT2D eigenvalue weighted by Gasteiger charge is -2.12. The molecule has 0 fully saturated rings. The SMILES string of the molecule is CCOC(=O)C(CC(C)C)C(=O)O. The first-order chi connectivity index (χ1) is 5.99. The minimum absolute atomic E-state index is 0.172. The molecular formula is C9H16O4. The van der Waals surface area contributed by atoms with Crippen LogP contribution in [-0.4, -0.2) is 23.7 Å². The van der Waals surface area contributed by atoms with E-state index in [9.17, 15) is 9.59 Å². The summed E-state index contributed by atoms with van der Waals surface area (Å²) in [6.45, 7) is 5.62. The van der Waals surface area contributed by atoms with Crippen LogP contribution in [0.15, 0.2) is 0 Å². The Bertz CT molecular complexity index is 186. The molecule has 1 unspecified atom stereocenters. The maximum Gasteiger partial charge on any atom is 0.320 e. The number of hydrogen-bond acceptors (Lipinski definition) is 3. The highest BCUT2D eigenvalue weighted by molar-refractivity contribution is 5.93. The molecule has 0 heterocycles. The van der Waals surface area contributed by atoms with Gasteiger partial charge in [0.05, 0.1) is 6.61 Å². The Morgan fingerprint density at radius 3 is 2.23 bits per heavy atom. The normalized spacial score (nSPS) is 12.6. The molecule has 0 radical (unpaired) electrons. The zero-order valence-corrected chi connectivity index (χ0v) is 8.24. The molecule has 1 N–H and O–H groups in total. The number of hydrogen-bond donors (Lipinski definition) is 1. The van der Waals surface area contributed by atoms with E-state index in [-0.39, 0.29) is 12.5 Å². The van der Waals surface area contributed by atoms with Crippen molar-refractivity contribution in [1.29, 1.82) is 0 Å². The highest BCUT2D eigenvalue weighted by atomic mass is 16.5. The van der Waals surface area contributed by atoms with Crippen LogP contribution >= 0.6 is 0 Å². The summed E-state index contributed by atoms with van der Waals surface area (Å²) in [5.74, 6) is -2.58. The maximum absolute atomic E-state index is 11.1. The molecule has 0 saturated carbocycles. The van der Waals surface area contributed by atoms with E-state index in [1.165, 1.54) is 0 Å². The summed E-state index contributed by atoms with van der Waals surface area (Å²) in [7, 11) is 0. The molecule has 1 atom stereocenters. The Hall–Kier alpha value is -1.06. The van der Waals surface area contributed by atoms with Gasteiger partial charge >= 0.3 is 11.9 Å². The fraction of sp³-hybridized carbons (Fsp3) is 0.778. The average Bonchev–Trinajstić information content (AvgIpc) is 1.99. The summed E-state index contributed by atoms with van der Waals surface area (Å²) in [6, 6.07) is 0. The van der Waals surface area contributed by atoms with E-state index in [1.807, 2.05) is 13.8 Å². The lowest BCUT2D eigenvalue weighted by atomic mass is 9.97. The predicted molar refractivity (Wildman–Crippen MR) is 47.2 cm³/mol. The van der Waals surface area contributed by atoms with Crippen LogP contribution < -0.4 is 0 Å². The van der Waals surface area contributed by atoms with E-state index in [2.05, 4.69) is 4.74 Å². The number of carboxylic acids is 1. The van der Waals surface area contributed by atoms with Crippen LogP contribution in [0.2, 0.25) is 0 Å². The molecule has 76 valence electrons. The first-order valence-electron chi connectivity index (χ1n) is 4.38. The highest BCUT2D eigenvalue weighted by Crippen LogP contribution is 2.13. The van der Waals surface area contributed by atoms with Crippen molar-refractivity contribution in [2.75, 3.05) is 6.61 Å². The lowest BCUT2D eigenvalue weighted by molar-refractivity contribution is -0.159. The van der Waals surface area contributed by atoms with Gasteiger partial charge in [-0.1, -0.05) is 13.8 Å². The minimum atomic E-state index is -1.10. The van der Waals surface area contributed by atoms with Crippen molar-refractivity contribution in [3.8, 4) is 0 Å². The third kappa shape index (κ3) is 4.50. The number of ether oxygens (including phenoxy) is 1. The van der Waals surface area contributed by atoms with E-state index >= 15 is 0 Å². The van der Waals surface area contributed by atoms with Gasteiger partial charge in [-0.05, 0) is 19.3 Å². The fourth-order valence-electron chi connectivity index (χ4n) is 1.01. The third-order valence-electron chi connectivity index (χ3n) is 1.58. The van der Waals surface area contributed by atoms with Crippen LogP contribution in [-0.2, 0) is 14.3 Å². The molecule has 0 saturated heterocycles. The molecule has 0 rings (SSSR count). The van der Waals surface area contributed by atoms with Crippen LogP contribution in [0.25, 0.3) is 0 Å². The Kier molecular flexibility index (Phi) is 5.11. The topological polar surface area (TPSA) is 63.6 Å². The fourth-order valence-corrected chi connectivity index (χ4v) is 1.01. The molecule has 0 aliphatic carbocycles. The van der Waals surface area contributed by atoms with Gasteiger partial charge in [-0.3, -0.25) is 9.59 Å². The smallest absolute Gasteiger partial charge is 0.320 e. The molecule has 0 bridgehead atoms. The van der Waals surface area contributed by atoms with Crippen molar-refractivity contribution in [2.45, 2.75) is 27.2 Å². The van der Waals surface area contributed by atoms with Gasteiger partial charge in [0, 0.05) is 0 Å². The van der Waals surface area contributed by atoms with Gasteiger partial charge in [-0.25, -0.2) is 0 Å². The standard InChI is InChI=1S/C9H16O4/c1-4-13-9(12)7(8(10)11)5-6(2)3/h6-7H,4-5H2,1-3H3,(H,10,11). The summed E-state index contributed by atoms with van der Waals surface area (Å²) in [4.78, 5) is 21.8. The summed E-state index contributed by atoms with van der Waals surface area (Å²) in [6.07, 6.45) is 0.328. The van der Waals surface area contributed by atoms with Gasteiger partial charge in [0.1, 0.15) is 0 Å². The monoisotopic (exact) mass is 188 g/mol. The van der Waals surface area contributed by atoms with Gasteiger partial charge in [0.2, 0.25) is 0 Å². The number of carbonyl (C=O) groups excluding carboxylic acids is 1. The molecule has 0 aromatic carbocycles. The van der Waals surface area contributed by atoms with Crippen LogP contribution in [0.5, 0.6) is 0 Å². The van der Waals surface area contributed by atoms with Gasteiger partial charge in [0.15, 0.2) is 5.92 Å². The number of esters is 1. The number of aliphatic carboxylic acids is 1. The first kappa shape index (κ1) is 11.9. The summed E-state index contributed by atoms with van der Waals surface area (Å²) >= 11 is 0. The molecular weight excluding hydrogens is 172 g/mol. The molecule has 0 aromatic rings. The first-order valence-corrected chi connectivity index (χ1v) is 4.38. The zero-order valence-electron chi connectivity index (χ0n) is 8.24. The van der Waals surface area contributed by atoms with Crippen molar-refractivity contribution >= 4 is 11.9 Å². The van der Waals surface area contributed by atoms with Gasteiger partial charge < -0.3 is 9.84 Å². The molecule has 4 nitrogen and oxygen atoms in total. The van der Waals surface area contributed by atoms with Gasteiger partial charge in [-0.15, -0.1) is 0 Å². The van der Waals surface area contributed by atoms with Crippen molar-refractivity contribution in [3.05, 3.63) is 0 Å². The molecule has 0 aliphatic heterocycles. The van der Waals surface area contributed by atoms with Gasteiger partial charge in [0.25, 0.3) is 0 Å². The molecule has 0 aliphatic rings. The quantitative estimate of drug-likeness (QED) is 0.521. The van der Waals surface area contributed by atoms with E-state index in [1.54, 1.807) is 6.92 Å². The van der Waals surface area contributed by atoms with E-state index < -0.39 is 17.9 Å². The number of carboxylic acid groups (broad SMARTS) is 1. The summed E-state index contributed by atoms with van der Waals surface area (Å²) in [5.41, 5.74) is 0. The van der Waals surface area contributed by atoms with Crippen molar-refractivity contribution in [2.24, 2.45) is 11.8 Å². The molecule has 4 heteroatoms. The highest BCUT2D eigenvalue weighted by Gasteiger charge is 2.28. The Morgan fingerprint density at radius 2 is 1.92 bits per heavy atom. The predicted octanol–water partition coefficient (Wildman–Crippen LogP) is 1.30. The lowest BCUT2D eigenvalue weighted by Crippen LogP contribution is -2.27. The second-order valence-electron chi connectivity index (χ2n) is 3.27. The largest absolute Gasteiger partial charge is 0.481 e. The Morgan fingerprint density at radius 1 is 1.38 bits per heavy atom. The average molecular weight is 188 g/mol. The number of carbonyl (C=O) groups is 2. The molecule has 0 spiro atoms. The third-order valence-corrected chi connectivity index (χ3v) is 1.58. The molecule has 13 heavy (non-hydrogen) atoms. The molecule has 0 amide bonds. The van der Waals surface area contributed by atoms with Crippen LogP contribution in [0.4, 0.5) is 0 Å². The van der Waals surface area contributed by atoms with E-state index in [4.69, 9.17) is 5.11 Å². The van der Waals surface area contributed by atoms with Crippen LogP contribution in [0.3, 0.4) is 0 Å². The van der Waals surface area contributed by atoms with Crippen molar-refractivity contribution in [3.63, 3.8) is 0 Å². The Labute approximate surface area is 77.9 Å². The summed E-state index contributed by atoms with van der Waals surface area (Å²) < 4.78 is 4.65. The van der Waals surface area contributed by atoms with Crippen LogP contribution in [0.1, 0.15) is 27.2 Å².